The number of phenolic OH excluding ortho intramolecular Hbond substituents is 1. The second-order valence-electron chi connectivity index (χ2n) is 7.08. The van der Waals surface area contributed by atoms with E-state index in [1.807, 2.05) is 24.3 Å². The van der Waals surface area contributed by atoms with Gasteiger partial charge in [-0.2, -0.15) is 0 Å². The molecule has 1 fully saturated rings. The zero-order valence-corrected chi connectivity index (χ0v) is 14.5. The Balaban J connectivity index is 1.76. The van der Waals surface area contributed by atoms with Gasteiger partial charge in [-0.1, -0.05) is 18.2 Å². The summed E-state index contributed by atoms with van der Waals surface area (Å²) in [5.74, 6) is 0.594. The molecule has 1 aliphatic rings. The second kappa shape index (κ2) is 6.52. The van der Waals surface area contributed by atoms with Crippen molar-refractivity contribution in [3.63, 3.8) is 0 Å². The monoisotopic (exact) mass is 338 g/mol. The van der Waals surface area contributed by atoms with E-state index in [1.165, 1.54) is 11.6 Å². The number of nitrogens with zero attached hydrogens (tertiary/aromatic N) is 2. The molecule has 0 saturated carbocycles. The molecular formula is C21H23FN2O. The average Bonchev–Trinajstić information content (AvgIpc) is 2.95. The number of aromatic hydroxyl groups is 1. The fourth-order valence-corrected chi connectivity index (χ4v) is 3.90. The molecule has 0 unspecified atom stereocenters. The first kappa shape index (κ1) is 16.2. The SMILES string of the molecule is CN1CCC(c2cn(Cc3ccccc3F)c3ccc(O)cc23)CC1. The first-order valence-corrected chi connectivity index (χ1v) is 8.85. The normalized spacial score (nSPS) is 16.6. The van der Waals surface area contributed by atoms with Gasteiger partial charge in [-0.3, -0.25) is 0 Å². The van der Waals surface area contributed by atoms with E-state index in [0.29, 0.717) is 18.0 Å². The van der Waals surface area contributed by atoms with Crippen molar-refractivity contribution in [1.82, 2.24) is 9.47 Å². The van der Waals surface area contributed by atoms with Crippen LogP contribution in [0.3, 0.4) is 0 Å². The molecule has 0 amide bonds. The summed E-state index contributed by atoms with van der Waals surface area (Å²) in [7, 11) is 2.16. The Morgan fingerprint density at radius 1 is 1.12 bits per heavy atom. The van der Waals surface area contributed by atoms with Crippen LogP contribution in [0.2, 0.25) is 0 Å². The number of halogens is 1. The minimum Gasteiger partial charge on any atom is -0.508 e. The van der Waals surface area contributed by atoms with Crippen LogP contribution in [0.15, 0.2) is 48.7 Å². The van der Waals surface area contributed by atoms with Crippen molar-refractivity contribution in [3.05, 3.63) is 65.6 Å². The molecule has 2 aromatic carbocycles. The van der Waals surface area contributed by atoms with Crippen molar-refractivity contribution in [2.75, 3.05) is 20.1 Å². The van der Waals surface area contributed by atoms with Gasteiger partial charge in [-0.25, -0.2) is 4.39 Å². The van der Waals surface area contributed by atoms with Crippen LogP contribution in [0.1, 0.15) is 29.9 Å². The molecule has 0 bridgehead atoms. The Morgan fingerprint density at radius 3 is 2.64 bits per heavy atom. The van der Waals surface area contributed by atoms with Gasteiger partial charge >= 0.3 is 0 Å². The fraction of sp³-hybridized carbons (Fsp3) is 0.333. The first-order chi connectivity index (χ1) is 12.1. The van der Waals surface area contributed by atoms with Gasteiger partial charge in [0.15, 0.2) is 0 Å². The summed E-state index contributed by atoms with van der Waals surface area (Å²) in [6, 6.07) is 12.4. The average molecular weight is 338 g/mol. The van der Waals surface area contributed by atoms with Gasteiger partial charge in [0.1, 0.15) is 11.6 Å². The molecule has 4 heteroatoms. The van der Waals surface area contributed by atoms with Crippen molar-refractivity contribution >= 4 is 10.9 Å². The molecule has 3 aromatic rings. The third kappa shape index (κ3) is 3.14. The van der Waals surface area contributed by atoms with Crippen LogP contribution in [0, 0.1) is 5.82 Å². The quantitative estimate of drug-likeness (QED) is 0.769. The van der Waals surface area contributed by atoms with Gasteiger partial charge in [0, 0.05) is 22.7 Å². The van der Waals surface area contributed by atoms with E-state index in [9.17, 15) is 9.50 Å². The molecule has 1 aromatic heterocycles. The number of likely N-dealkylation sites (tertiary alicyclic amines) is 1. The number of hydrogen-bond donors (Lipinski definition) is 1. The van der Waals surface area contributed by atoms with Crippen molar-refractivity contribution in [3.8, 4) is 5.75 Å². The van der Waals surface area contributed by atoms with Crippen LogP contribution in [0.5, 0.6) is 5.75 Å². The van der Waals surface area contributed by atoms with Crippen LogP contribution in [-0.4, -0.2) is 34.7 Å². The van der Waals surface area contributed by atoms with Crippen molar-refractivity contribution in [1.29, 1.82) is 0 Å². The molecule has 25 heavy (non-hydrogen) atoms. The number of fused-ring (bicyclic) bond motifs is 1. The Bertz CT molecular complexity index is 894. The first-order valence-electron chi connectivity index (χ1n) is 8.85. The maximum Gasteiger partial charge on any atom is 0.128 e. The number of hydrogen-bond acceptors (Lipinski definition) is 2. The Hall–Kier alpha value is -2.33. The van der Waals surface area contributed by atoms with Gasteiger partial charge in [0.2, 0.25) is 0 Å². The van der Waals surface area contributed by atoms with E-state index in [2.05, 4.69) is 22.7 Å². The third-order valence-electron chi connectivity index (χ3n) is 5.35. The molecule has 4 rings (SSSR count). The highest BCUT2D eigenvalue weighted by Gasteiger charge is 2.22. The third-order valence-corrected chi connectivity index (χ3v) is 5.35. The van der Waals surface area contributed by atoms with E-state index in [1.54, 1.807) is 12.1 Å². The lowest BCUT2D eigenvalue weighted by Crippen LogP contribution is -2.29. The molecule has 1 aliphatic heterocycles. The number of rotatable bonds is 3. The number of phenols is 1. The molecule has 0 radical (unpaired) electrons. The lowest BCUT2D eigenvalue weighted by Gasteiger charge is -2.28. The van der Waals surface area contributed by atoms with Gasteiger partial charge in [0.25, 0.3) is 0 Å². The fourth-order valence-electron chi connectivity index (χ4n) is 3.90. The van der Waals surface area contributed by atoms with Crippen LogP contribution in [0.25, 0.3) is 10.9 Å². The van der Waals surface area contributed by atoms with Gasteiger partial charge in [0.05, 0.1) is 6.54 Å². The number of benzene rings is 2. The summed E-state index contributed by atoms with van der Waals surface area (Å²) in [6.45, 7) is 2.67. The lowest BCUT2D eigenvalue weighted by atomic mass is 9.89. The van der Waals surface area contributed by atoms with E-state index in [-0.39, 0.29) is 11.6 Å². The lowest BCUT2D eigenvalue weighted by molar-refractivity contribution is 0.256. The van der Waals surface area contributed by atoms with Crippen molar-refractivity contribution in [2.24, 2.45) is 0 Å². The molecule has 0 aliphatic carbocycles. The molecule has 3 nitrogen and oxygen atoms in total. The van der Waals surface area contributed by atoms with Gasteiger partial charge in [-0.05, 0) is 68.7 Å². The highest BCUT2D eigenvalue weighted by Crippen LogP contribution is 2.36. The van der Waals surface area contributed by atoms with Crippen LogP contribution < -0.4 is 0 Å². The maximum atomic E-state index is 14.1. The van der Waals surface area contributed by atoms with E-state index >= 15 is 0 Å². The number of aromatic nitrogens is 1. The molecule has 1 saturated heterocycles. The number of piperidine rings is 1. The van der Waals surface area contributed by atoms with Crippen molar-refractivity contribution in [2.45, 2.75) is 25.3 Å². The molecule has 2 heterocycles. The smallest absolute Gasteiger partial charge is 0.128 e. The molecule has 130 valence electrons. The summed E-state index contributed by atoms with van der Waals surface area (Å²) in [6.07, 6.45) is 4.39. The maximum absolute atomic E-state index is 14.1. The minimum absolute atomic E-state index is 0.177. The largest absolute Gasteiger partial charge is 0.508 e. The zero-order chi connectivity index (χ0) is 17.4. The second-order valence-corrected chi connectivity index (χ2v) is 7.08. The summed E-state index contributed by atoms with van der Waals surface area (Å²) < 4.78 is 16.2. The summed E-state index contributed by atoms with van der Waals surface area (Å²) in [5.41, 5.74) is 3.01. The summed E-state index contributed by atoms with van der Waals surface area (Å²) in [4.78, 5) is 2.35. The molecular weight excluding hydrogens is 315 g/mol. The van der Waals surface area contributed by atoms with E-state index in [0.717, 1.165) is 36.8 Å². The van der Waals surface area contributed by atoms with E-state index in [4.69, 9.17) is 0 Å². The Kier molecular flexibility index (Phi) is 4.22. The van der Waals surface area contributed by atoms with E-state index < -0.39 is 0 Å². The van der Waals surface area contributed by atoms with Crippen LogP contribution in [0.4, 0.5) is 4.39 Å². The van der Waals surface area contributed by atoms with Gasteiger partial charge < -0.3 is 14.6 Å². The molecule has 1 N–H and O–H groups in total. The Labute approximate surface area is 147 Å². The van der Waals surface area contributed by atoms with Crippen molar-refractivity contribution < 1.29 is 9.50 Å². The molecule has 0 atom stereocenters. The predicted molar refractivity (Wildman–Crippen MR) is 98.6 cm³/mol. The molecule has 0 spiro atoms. The van der Waals surface area contributed by atoms with Gasteiger partial charge in [-0.15, -0.1) is 0 Å². The Morgan fingerprint density at radius 2 is 1.88 bits per heavy atom. The minimum atomic E-state index is -0.177. The highest BCUT2D eigenvalue weighted by molar-refractivity contribution is 5.86. The zero-order valence-electron chi connectivity index (χ0n) is 14.5. The summed E-state index contributed by atoms with van der Waals surface area (Å²) in [5, 5.41) is 11.0. The highest BCUT2D eigenvalue weighted by atomic mass is 19.1. The van der Waals surface area contributed by atoms with Crippen LogP contribution >= 0.6 is 0 Å². The summed E-state index contributed by atoms with van der Waals surface area (Å²) >= 11 is 0. The van der Waals surface area contributed by atoms with Crippen LogP contribution in [-0.2, 0) is 6.54 Å². The standard InChI is InChI=1S/C21H23FN2O/c1-23-10-8-15(9-11-23)19-14-24(13-16-4-2-3-5-20(16)22)21-7-6-17(25)12-18(19)21/h2-7,12,14-15,25H,8-11,13H2,1H3. The predicted octanol–water partition coefficient (Wildman–Crippen LogP) is 4.34. The topological polar surface area (TPSA) is 28.4 Å².